The van der Waals surface area contributed by atoms with Crippen LogP contribution in [-0.4, -0.2) is 29.7 Å². The van der Waals surface area contributed by atoms with Gasteiger partial charge in [0, 0.05) is 0 Å². The van der Waals surface area contributed by atoms with Gasteiger partial charge in [-0.3, -0.25) is 0 Å². The fourth-order valence-electron chi connectivity index (χ4n) is 1.45. The smallest absolute Gasteiger partial charge is 0.328 e. The number of nitrogens with zero attached hydrogens (tertiary/aromatic N) is 6. The van der Waals surface area contributed by atoms with Gasteiger partial charge in [0.2, 0.25) is 5.95 Å². The van der Waals surface area contributed by atoms with Gasteiger partial charge >= 0.3 is 6.01 Å². The van der Waals surface area contributed by atoms with Gasteiger partial charge in [-0.05, 0) is 12.1 Å². The van der Waals surface area contributed by atoms with E-state index in [1.165, 1.54) is 29.5 Å². The molecule has 2 aromatic heterocycles. The van der Waals surface area contributed by atoms with Crippen LogP contribution in [0.25, 0.3) is 5.95 Å². The highest BCUT2D eigenvalue weighted by molar-refractivity contribution is 5.29. The summed E-state index contributed by atoms with van der Waals surface area (Å²) in [5.74, 6) is -0.491. The fourth-order valence-corrected chi connectivity index (χ4v) is 1.45. The molecule has 100 valence electrons. The average molecular weight is 273 g/mol. The summed E-state index contributed by atoms with van der Waals surface area (Å²) in [7, 11) is 0. The normalized spacial score (nSPS) is 10.4. The largest absolute Gasteiger partial charge is 0.421 e. The molecular weight excluding hydrogens is 265 g/mol. The Bertz CT molecular complexity index is 731. The molecule has 8 nitrogen and oxygen atoms in total. The molecule has 2 N–H and O–H groups in total. The van der Waals surface area contributed by atoms with Crippen molar-refractivity contribution in [2.24, 2.45) is 0 Å². The van der Waals surface area contributed by atoms with E-state index in [1.807, 2.05) is 0 Å². The second kappa shape index (κ2) is 4.88. The van der Waals surface area contributed by atoms with Crippen molar-refractivity contribution in [3.63, 3.8) is 0 Å². The van der Waals surface area contributed by atoms with Gasteiger partial charge in [-0.1, -0.05) is 12.1 Å². The van der Waals surface area contributed by atoms with Gasteiger partial charge < -0.3 is 10.5 Å². The summed E-state index contributed by atoms with van der Waals surface area (Å²) in [5, 5.41) is 3.86. The Kier molecular flexibility index (Phi) is 2.92. The van der Waals surface area contributed by atoms with E-state index in [9.17, 15) is 4.39 Å². The molecule has 0 saturated heterocycles. The van der Waals surface area contributed by atoms with Crippen LogP contribution in [0, 0.1) is 5.82 Å². The van der Waals surface area contributed by atoms with Crippen LogP contribution in [0.3, 0.4) is 0 Å². The molecule has 0 spiro atoms. The molecule has 0 aliphatic rings. The second-order valence-corrected chi connectivity index (χ2v) is 3.65. The molecule has 0 radical (unpaired) electrons. The Morgan fingerprint density at radius 2 is 2.00 bits per heavy atom. The highest BCUT2D eigenvalue weighted by Gasteiger charge is 2.10. The summed E-state index contributed by atoms with van der Waals surface area (Å²) in [6, 6.07) is 5.75. The zero-order valence-corrected chi connectivity index (χ0v) is 10.0. The lowest BCUT2D eigenvalue weighted by Crippen LogP contribution is -2.08. The number of nitrogen functional groups attached to an aromatic ring is 1. The zero-order valence-electron chi connectivity index (χ0n) is 10.0. The van der Waals surface area contributed by atoms with Crippen molar-refractivity contribution >= 4 is 5.95 Å². The second-order valence-electron chi connectivity index (χ2n) is 3.65. The molecule has 20 heavy (non-hydrogen) atoms. The number of hydrogen-bond acceptors (Lipinski definition) is 7. The summed E-state index contributed by atoms with van der Waals surface area (Å²) >= 11 is 0. The van der Waals surface area contributed by atoms with Gasteiger partial charge in [-0.2, -0.15) is 24.7 Å². The minimum absolute atomic E-state index is 0.0114. The first-order chi connectivity index (χ1) is 9.72. The van der Waals surface area contributed by atoms with Crippen LogP contribution in [0.5, 0.6) is 11.8 Å². The average Bonchev–Trinajstić information content (AvgIpc) is 2.95. The van der Waals surface area contributed by atoms with Crippen molar-refractivity contribution < 1.29 is 9.13 Å². The van der Waals surface area contributed by atoms with E-state index in [-0.39, 0.29) is 23.7 Å². The van der Waals surface area contributed by atoms with Crippen molar-refractivity contribution in [3.8, 4) is 17.7 Å². The Morgan fingerprint density at radius 1 is 1.15 bits per heavy atom. The van der Waals surface area contributed by atoms with Gasteiger partial charge in [0.15, 0.2) is 11.6 Å². The third-order valence-corrected chi connectivity index (χ3v) is 2.28. The van der Waals surface area contributed by atoms with E-state index in [0.29, 0.717) is 0 Å². The topological polar surface area (TPSA) is 105 Å². The first kappa shape index (κ1) is 12.0. The van der Waals surface area contributed by atoms with Crippen molar-refractivity contribution in [2.45, 2.75) is 0 Å². The van der Waals surface area contributed by atoms with Gasteiger partial charge in [0.25, 0.3) is 5.95 Å². The molecule has 0 aliphatic heterocycles. The number of anilines is 1. The minimum Gasteiger partial charge on any atom is -0.421 e. The number of benzene rings is 1. The molecule has 0 bridgehead atoms. The molecule has 0 fully saturated rings. The van der Waals surface area contributed by atoms with E-state index in [1.54, 1.807) is 12.1 Å². The van der Waals surface area contributed by atoms with Crippen molar-refractivity contribution in [2.75, 3.05) is 5.73 Å². The number of hydrogen-bond donors (Lipinski definition) is 1. The van der Waals surface area contributed by atoms with E-state index < -0.39 is 5.82 Å². The van der Waals surface area contributed by atoms with E-state index in [2.05, 4.69) is 25.0 Å². The fraction of sp³-hybridized carbons (Fsp3) is 0. The standard InChI is InChI=1S/C11H8FN7O/c12-7-3-1-2-4-8(7)20-11-17-9(13)16-10(18-11)19-6-14-5-15-19/h1-6H,(H2,13,16,17,18). The molecule has 0 atom stereocenters. The molecule has 0 aliphatic carbocycles. The molecular formula is C11H8FN7O. The lowest BCUT2D eigenvalue weighted by molar-refractivity contribution is 0.409. The molecule has 2 heterocycles. The molecule has 0 amide bonds. The van der Waals surface area contributed by atoms with Crippen LogP contribution in [0.4, 0.5) is 10.3 Å². The Hall–Kier alpha value is -3.10. The lowest BCUT2D eigenvalue weighted by atomic mass is 10.3. The number of aromatic nitrogens is 6. The molecule has 9 heteroatoms. The quantitative estimate of drug-likeness (QED) is 0.757. The highest BCUT2D eigenvalue weighted by atomic mass is 19.1. The SMILES string of the molecule is Nc1nc(Oc2ccccc2F)nc(-n2cncn2)n1. The van der Waals surface area contributed by atoms with Gasteiger partial charge in [-0.15, -0.1) is 0 Å². The molecule has 0 saturated carbocycles. The first-order valence-corrected chi connectivity index (χ1v) is 5.51. The summed E-state index contributed by atoms with van der Waals surface area (Å²) < 4.78 is 20.0. The van der Waals surface area contributed by atoms with Crippen molar-refractivity contribution in [1.29, 1.82) is 0 Å². The minimum atomic E-state index is -0.534. The summed E-state index contributed by atoms with van der Waals surface area (Å²) in [6.07, 6.45) is 2.71. The first-order valence-electron chi connectivity index (χ1n) is 5.51. The number of nitrogens with two attached hydrogens (primary N) is 1. The van der Waals surface area contributed by atoms with Crippen LogP contribution in [-0.2, 0) is 0 Å². The monoisotopic (exact) mass is 273 g/mol. The van der Waals surface area contributed by atoms with Crippen LogP contribution in [0.1, 0.15) is 0 Å². The van der Waals surface area contributed by atoms with Gasteiger partial charge in [0.1, 0.15) is 12.7 Å². The third kappa shape index (κ3) is 2.36. The maximum atomic E-state index is 13.5. The van der Waals surface area contributed by atoms with E-state index >= 15 is 0 Å². The molecule has 3 rings (SSSR count). The van der Waals surface area contributed by atoms with Gasteiger partial charge in [0.05, 0.1) is 0 Å². The van der Waals surface area contributed by atoms with E-state index in [4.69, 9.17) is 10.5 Å². The number of para-hydroxylation sites is 1. The Balaban J connectivity index is 1.97. The predicted octanol–water partition coefficient (Wildman–Crippen LogP) is 0.966. The molecule has 0 unspecified atom stereocenters. The van der Waals surface area contributed by atoms with Crippen molar-refractivity contribution in [1.82, 2.24) is 29.7 Å². The Labute approximate surface area is 112 Å². The van der Waals surface area contributed by atoms with Crippen LogP contribution in [0.2, 0.25) is 0 Å². The van der Waals surface area contributed by atoms with Crippen LogP contribution < -0.4 is 10.5 Å². The third-order valence-electron chi connectivity index (χ3n) is 2.28. The summed E-state index contributed by atoms with van der Waals surface area (Å²) in [4.78, 5) is 15.4. The number of halogens is 1. The molecule has 3 aromatic rings. The zero-order chi connectivity index (χ0) is 13.9. The Morgan fingerprint density at radius 3 is 2.75 bits per heavy atom. The highest BCUT2D eigenvalue weighted by Crippen LogP contribution is 2.21. The maximum Gasteiger partial charge on any atom is 0.328 e. The molecule has 1 aromatic carbocycles. The summed E-state index contributed by atoms with van der Waals surface area (Å²) in [5.41, 5.74) is 5.56. The number of rotatable bonds is 3. The predicted molar refractivity (Wildman–Crippen MR) is 65.6 cm³/mol. The van der Waals surface area contributed by atoms with Crippen LogP contribution >= 0.6 is 0 Å². The maximum absolute atomic E-state index is 13.5. The van der Waals surface area contributed by atoms with Crippen LogP contribution in [0.15, 0.2) is 36.9 Å². The summed E-state index contributed by atoms with van der Waals surface area (Å²) in [6.45, 7) is 0. The van der Waals surface area contributed by atoms with Crippen molar-refractivity contribution in [3.05, 3.63) is 42.7 Å². The number of ether oxygens (including phenoxy) is 1. The lowest BCUT2D eigenvalue weighted by Gasteiger charge is -2.06. The van der Waals surface area contributed by atoms with E-state index in [0.717, 1.165) is 0 Å². The van der Waals surface area contributed by atoms with Gasteiger partial charge in [-0.25, -0.2) is 9.37 Å².